The Morgan fingerprint density at radius 3 is 2.64 bits per heavy atom. The molecule has 0 aliphatic carbocycles. The highest BCUT2D eigenvalue weighted by Gasteiger charge is 2.30. The van der Waals surface area contributed by atoms with E-state index in [0.717, 1.165) is 0 Å². The minimum absolute atomic E-state index is 0.0308. The van der Waals surface area contributed by atoms with E-state index in [1.165, 1.54) is 42.1 Å². The summed E-state index contributed by atoms with van der Waals surface area (Å²) in [5, 5.41) is 3.51. The second-order valence-electron chi connectivity index (χ2n) is 12.8. The molecule has 0 fully saturated rings. The van der Waals surface area contributed by atoms with Gasteiger partial charge in [0.15, 0.2) is 6.61 Å². The van der Waals surface area contributed by atoms with Crippen LogP contribution in [0.15, 0.2) is 73.2 Å². The van der Waals surface area contributed by atoms with Gasteiger partial charge in [-0.05, 0) is 73.0 Å². The Morgan fingerprint density at radius 2 is 1.86 bits per heavy atom. The highest BCUT2D eigenvalue weighted by molar-refractivity contribution is 7.22. The number of halogens is 5. The summed E-state index contributed by atoms with van der Waals surface area (Å²) >= 11 is 8.21. The molecule has 12 nitrogen and oxygen atoms in total. The maximum atomic E-state index is 14.1. The van der Waals surface area contributed by atoms with Crippen LogP contribution in [0.5, 0.6) is 23.4 Å². The molecule has 5 heterocycles. The number of carbonyl (C=O) groups excluding carboxylic acids is 2. The van der Waals surface area contributed by atoms with Gasteiger partial charge in [0.05, 0.1) is 34.8 Å². The minimum Gasteiger partial charge on any atom is -0.487 e. The van der Waals surface area contributed by atoms with Crippen molar-refractivity contribution < 1.29 is 50.8 Å². The van der Waals surface area contributed by atoms with Crippen LogP contribution in [0.25, 0.3) is 31.8 Å². The van der Waals surface area contributed by atoms with Gasteiger partial charge in [0.1, 0.15) is 41.7 Å². The van der Waals surface area contributed by atoms with Crippen molar-refractivity contribution in [2.75, 3.05) is 25.1 Å². The molecule has 300 valence electrons. The Kier molecular flexibility index (Phi) is 11.9. The van der Waals surface area contributed by atoms with Gasteiger partial charge >= 0.3 is 18.2 Å². The molecule has 2 aliphatic rings. The summed E-state index contributed by atoms with van der Waals surface area (Å²) in [7, 11) is 0. The van der Waals surface area contributed by atoms with Crippen molar-refractivity contribution in [1.29, 1.82) is 0 Å². The van der Waals surface area contributed by atoms with Crippen LogP contribution in [0, 0.1) is 12.7 Å². The molecule has 1 N–H and O–H groups in total. The fourth-order valence-corrected chi connectivity index (χ4v) is 7.43. The van der Waals surface area contributed by atoms with E-state index in [2.05, 4.69) is 25.3 Å². The third kappa shape index (κ3) is 9.21. The lowest BCUT2D eigenvalue weighted by molar-refractivity contribution is -0.151. The molecule has 0 saturated carbocycles. The highest BCUT2D eigenvalue weighted by atomic mass is 35.5. The number of aromatic nitrogens is 4. The number of alkyl halides is 3. The molecule has 1 atom stereocenters. The van der Waals surface area contributed by atoms with Gasteiger partial charge < -0.3 is 29.0 Å². The summed E-state index contributed by atoms with van der Waals surface area (Å²) < 4.78 is 81.1. The molecule has 6 aromatic rings. The smallest absolute Gasteiger partial charge is 0.392 e. The Bertz CT molecular complexity index is 2490. The second-order valence-corrected chi connectivity index (χ2v) is 14.2. The molecule has 3 aromatic heterocycles. The van der Waals surface area contributed by atoms with Gasteiger partial charge in [-0.3, -0.25) is 4.79 Å². The zero-order valence-electron chi connectivity index (χ0n) is 30.7. The quantitative estimate of drug-likeness (QED) is 0.110. The first-order valence-electron chi connectivity index (χ1n) is 17.7. The van der Waals surface area contributed by atoms with Crippen LogP contribution in [0.3, 0.4) is 0 Å². The zero-order valence-corrected chi connectivity index (χ0v) is 32.3. The van der Waals surface area contributed by atoms with Crippen molar-refractivity contribution in [2.45, 2.75) is 45.6 Å². The average Bonchev–Trinajstić information content (AvgIpc) is 3.58. The van der Waals surface area contributed by atoms with Crippen molar-refractivity contribution in [3.8, 4) is 45.0 Å². The van der Waals surface area contributed by atoms with Crippen LogP contribution < -0.4 is 24.3 Å². The first-order valence-corrected chi connectivity index (χ1v) is 18.9. The van der Waals surface area contributed by atoms with E-state index in [4.69, 9.17) is 35.3 Å². The largest absolute Gasteiger partial charge is 0.487 e. The minimum atomic E-state index is -4.41. The number of benzene rings is 3. The summed E-state index contributed by atoms with van der Waals surface area (Å²) in [5.41, 5.74) is 3.53. The number of carbonyl (C=O) groups is 2. The Morgan fingerprint density at radius 1 is 1.05 bits per heavy atom. The monoisotopic (exact) mass is 837 g/mol. The summed E-state index contributed by atoms with van der Waals surface area (Å²) in [4.78, 5) is 45.1. The van der Waals surface area contributed by atoms with Gasteiger partial charge in [0.2, 0.25) is 12.0 Å². The molecule has 3 aromatic carbocycles. The summed E-state index contributed by atoms with van der Waals surface area (Å²) in [6, 6.07) is 15.3. The van der Waals surface area contributed by atoms with Crippen LogP contribution in [0.4, 0.5) is 23.2 Å². The van der Waals surface area contributed by atoms with E-state index >= 15 is 0 Å². The van der Waals surface area contributed by atoms with Gasteiger partial charge in [0.25, 0.3) is 5.91 Å². The summed E-state index contributed by atoms with van der Waals surface area (Å²) in [5.74, 6) is -1.09. The molecule has 1 amide bonds. The van der Waals surface area contributed by atoms with Crippen molar-refractivity contribution >= 4 is 50.7 Å². The fraction of sp³-hybridized carbons (Fsp3) is 0.250. The Hall–Kier alpha value is -6.07. The lowest BCUT2D eigenvalue weighted by Crippen LogP contribution is -2.32. The maximum absolute atomic E-state index is 14.1. The van der Waals surface area contributed by atoms with Crippen LogP contribution in [0.1, 0.15) is 30.2 Å². The summed E-state index contributed by atoms with van der Waals surface area (Å²) in [6.07, 6.45) is -4.43. The van der Waals surface area contributed by atoms with Crippen molar-refractivity contribution in [3.63, 3.8) is 0 Å². The van der Waals surface area contributed by atoms with Gasteiger partial charge in [-0.2, -0.15) is 18.2 Å². The second kappa shape index (κ2) is 17.2. The van der Waals surface area contributed by atoms with Gasteiger partial charge in [-0.1, -0.05) is 29.8 Å². The molecule has 8 rings (SSSR count). The number of fused-ring (bicyclic) bond motifs is 7. The zero-order chi connectivity index (χ0) is 41.0. The number of amides is 1. The molecule has 0 saturated heterocycles. The number of anilines is 1. The van der Waals surface area contributed by atoms with Crippen LogP contribution in [0.2, 0.25) is 5.02 Å². The number of hydrogen-bond donors (Lipinski definition) is 1. The number of nitrogens with zero attached hydrogens (tertiary/aromatic N) is 4. The topological polar surface area (TPSA) is 144 Å². The van der Waals surface area contributed by atoms with E-state index in [-0.39, 0.29) is 53.7 Å². The lowest BCUT2D eigenvalue weighted by Gasteiger charge is -2.20. The van der Waals surface area contributed by atoms with E-state index in [0.29, 0.717) is 48.6 Å². The highest BCUT2D eigenvalue weighted by Crippen LogP contribution is 2.49. The van der Waals surface area contributed by atoms with Crippen molar-refractivity contribution in [3.05, 3.63) is 101 Å². The molecule has 58 heavy (non-hydrogen) atoms. The molecular formula is C40H32ClF4N5O7S. The number of hydrogen-bond acceptors (Lipinski definition) is 12. The third-order valence-corrected chi connectivity index (χ3v) is 10.4. The number of rotatable bonds is 9. The Labute approximate surface area is 337 Å². The maximum Gasteiger partial charge on any atom is 0.392 e. The standard InChI is InChI=1S/C40H32ClF4N5O7S/c1-3-53-38(52)30-17-23-16-26(8-11-29(23)56-18-25-12-14-46-39(49-25)54-15-13-40(43,44)45)55-19-31(51)50-28-10-9-27(21(2)34(28)41)32-33-36(57-30)47-20-48-37(33)58-35(32)22-4-6-24(42)7-5-22/h4-12,14,16,20,30H,3,13,15,17-19H2,1-2H3,(H,50,51)/t30-/m1/s1. The van der Waals surface area contributed by atoms with Gasteiger partial charge in [-0.25, -0.2) is 24.1 Å². The number of nitrogens with one attached hydrogen (secondary N) is 1. The van der Waals surface area contributed by atoms with E-state index in [9.17, 15) is 27.2 Å². The van der Waals surface area contributed by atoms with Crippen LogP contribution in [-0.2, 0) is 27.4 Å². The number of ether oxygens (including phenoxy) is 5. The molecule has 0 unspecified atom stereocenters. The molecule has 2 aliphatic heterocycles. The third-order valence-electron chi connectivity index (χ3n) is 8.78. The molecule has 4 bridgehead atoms. The molecule has 18 heteroatoms. The summed E-state index contributed by atoms with van der Waals surface area (Å²) in [6.45, 7) is 2.23. The van der Waals surface area contributed by atoms with Gasteiger partial charge in [-0.15, -0.1) is 11.3 Å². The number of esters is 1. The molecule has 0 radical (unpaired) electrons. The van der Waals surface area contributed by atoms with Crippen molar-refractivity contribution in [1.82, 2.24) is 19.9 Å². The van der Waals surface area contributed by atoms with Crippen molar-refractivity contribution in [2.24, 2.45) is 0 Å². The fourth-order valence-electron chi connectivity index (χ4n) is 6.07. The van der Waals surface area contributed by atoms with E-state index in [1.54, 1.807) is 56.3 Å². The lowest BCUT2D eigenvalue weighted by atomic mass is 9.95. The predicted molar refractivity (Wildman–Crippen MR) is 206 cm³/mol. The van der Waals surface area contributed by atoms with Crippen LogP contribution in [-0.4, -0.2) is 63.9 Å². The first kappa shape index (κ1) is 40.1. The van der Waals surface area contributed by atoms with E-state index < -0.39 is 49.6 Å². The van der Waals surface area contributed by atoms with E-state index in [1.807, 2.05) is 0 Å². The Balaban J connectivity index is 1.31. The normalized spacial score (nSPS) is 14.3. The molecular weight excluding hydrogens is 806 g/mol. The number of thiophene rings is 1. The van der Waals surface area contributed by atoms with Gasteiger partial charge in [0, 0.05) is 28.6 Å². The molecule has 0 spiro atoms. The van der Waals surface area contributed by atoms with Crippen LogP contribution >= 0.6 is 22.9 Å². The SMILES string of the molecule is CCOC(=O)[C@H]1Cc2cc(ccc2OCc2ccnc(OCCC(F)(F)F)n2)OCC(=O)Nc2ccc(c(C)c2Cl)-c2c(-c3ccc(F)cc3)sc3ncnc(c23)O1. The average molecular weight is 838 g/mol. The predicted octanol–water partition coefficient (Wildman–Crippen LogP) is 8.71. The first-order chi connectivity index (χ1) is 27.9.